The number of carbonyl (C=O) groups is 2. The van der Waals surface area contributed by atoms with Crippen LogP contribution in [0.2, 0.25) is 0 Å². The first-order valence-corrected chi connectivity index (χ1v) is 4.42. The molecule has 0 saturated heterocycles. The maximum absolute atomic E-state index is 11.4. The highest BCUT2D eigenvalue weighted by molar-refractivity contribution is 5.91. The fourth-order valence-electron chi connectivity index (χ4n) is 1.76. The van der Waals surface area contributed by atoms with E-state index in [1.54, 1.807) is 0 Å². The molecule has 0 heterocycles. The second-order valence-corrected chi connectivity index (χ2v) is 3.79. The van der Waals surface area contributed by atoms with Crippen molar-refractivity contribution >= 4 is 11.8 Å². The van der Waals surface area contributed by atoms with Crippen molar-refractivity contribution in [2.75, 3.05) is 0 Å². The molecule has 0 aromatic heterocycles. The Morgan fingerprint density at radius 2 is 2.15 bits per heavy atom. The highest BCUT2D eigenvalue weighted by Crippen LogP contribution is 2.35. The molecule has 0 aromatic carbocycles. The summed E-state index contributed by atoms with van der Waals surface area (Å²) in [6.45, 7) is 1.54. The average Bonchev–Trinajstić information content (AvgIpc) is 2.09. The van der Waals surface area contributed by atoms with Gasteiger partial charge in [0.05, 0.1) is 5.41 Å². The average molecular weight is 186 g/mol. The Morgan fingerprint density at radius 3 is 2.62 bits per heavy atom. The standard InChI is InChI=1S/C9H14O4/c1-9(7(11)8(12)13)5-3-2-4-6(9)10/h7,11H,2-5H2,1H3,(H,12,13)/t7-,9-/m1/s1. The predicted octanol–water partition coefficient (Wildman–Crippen LogP) is 0.581. The molecule has 4 heteroatoms. The van der Waals surface area contributed by atoms with Crippen molar-refractivity contribution in [2.24, 2.45) is 5.41 Å². The van der Waals surface area contributed by atoms with Crippen molar-refractivity contribution in [3.05, 3.63) is 0 Å². The summed E-state index contributed by atoms with van der Waals surface area (Å²) in [6.07, 6.45) is 0.924. The van der Waals surface area contributed by atoms with Gasteiger partial charge in [0.1, 0.15) is 5.78 Å². The Balaban J connectivity index is 2.83. The minimum Gasteiger partial charge on any atom is -0.479 e. The number of Topliss-reactive ketones (excluding diaryl/α,β-unsaturated/α-hetero) is 1. The first kappa shape index (κ1) is 10.2. The SMILES string of the molecule is C[C@@]1([C@H](O)C(=O)O)CCCCC1=O. The number of carbonyl (C=O) groups excluding carboxylic acids is 1. The molecule has 1 fully saturated rings. The molecule has 0 radical (unpaired) electrons. The van der Waals surface area contributed by atoms with E-state index in [4.69, 9.17) is 5.11 Å². The van der Waals surface area contributed by atoms with Gasteiger partial charge in [-0.3, -0.25) is 4.79 Å². The fourth-order valence-corrected chi connectivity index (χ4v) is 1.76. The van der Waals surface area contributed by atoms with Crippen LogP contribution in [0, 0.1) is 5.41 Å². The molecule has 0 aliphatic heterocycles. The second kappa shape index (κ2) is 3.46. The van der Waals surface area contributed by atoms with Crippen LogP contribution < -0.4 is 0 Å². The summed E-state index contributed by atoms with van der Waals surface area (Å²) >= 11 is 0. The number of rotatable bonds is 2. The normalized spacial score (nSPS) is 31.4. The summed E-state index contributed by atoms with van der Waals surface area (Å²) in [5, 5.41) is 18.0. The minimum atomic E-state index is -1.56. The molecule has 1 rings (SSSR count). The Kier molecular flexibility index (Phi) is 2.71. The van der Waals surface area contributed by atoms with Gasteiger partial charge in [0.25, 0.3) is 0 Å². The number of carboxylic acids is 1. The van der Waals surface area contributed by atoms with Crippen LogP contribution in [0.15, 0.2) is 0 Å². The molecular weight excluding hydrogens is 172 g/mol. The smallest absolute Gasteiger partial charge is 0.333 e. The molecule has 1 saturated carbocycles. The largest absolute Gasteiger partial charge is 0.479 e. The molecule has 74 valence electrons. The van der Waals surface area contributed by atoms with Gasteiger partial charge in [0.2, 0.25) is 0 Å². The Bertz CT molecular complexity index is 236. The molecule has 2 N–H and O–H groups in total. The lowest BCUT2D eigenvalue weighted by Gasteiger charge is -2.33. The first-order valence-electron chi connectivity index (χ1n) is 4.42. The van der Waals surface area contributed by atoms with E-state index in [9.17, 15) is 14.7 Å². The van der Waals surface area contributed by atoms with Crippen molar-refractivity contribution < 1.29 is 19.8 Å². The van der Waals surface area contributed by atoms with Crippen LogP contribution in [0.25, 0.3) is 0 Å². The zero-order valence-corrected chi connectivity index (χ0v) is 7.62. The second-order valence-electron chi connectivity index (χ2n) is 3.79. The Hall–Kier alpha value is -0.900. The Morgan fingerprint density at radius 1 is 1.54 bits per heavy atom. The van der Waals surface area contributed by atoms with Crippen LogP contribution in [0.1, 0.15) is 32.6 Å². The number of ketones is 1. The van der Waals surface area contributed by atoms with Crippen molar-refractivity contribution in [1.82, 2.24) is 0 Å². The summed E-state index contributed by atoms with van der Waals surface area (Å²) < 4.78 is 0. The highest BCUT2D eigenvalue weighted by atomic mass is 16.4. The summed E-state index contributed by atoms with van der Waals surface area (Å²) in [6, 6.07) is 0. The van der Waals surface area contributed by atoms with Crippen LogP contribution in [-0.4, -0.2) is 28.1 Å². The maximum Gasteiger partial charge on any atom is 0.333 e. The molecule has 1 aliphatic carbocycles. The van der Waals surface area contributed by atoms with Crippen LogP contribution in [-0.2, 0) is 9.59 Å². The zero-order chi connectivity index (χ0) is 10.1. The van der Waals surface area contributed by atoms with E-state index in [1.165, 1.54) is 6.92 Å². The van der Waals surface area contributed by atoms with Gasteiger partial charge in [0, 0.05) is 6.42 Å². The third-order valence-electron chi connectivity index (χ3n) is 2.82. The summed E-state index contributed by atoms with van der Waals surface area (Å²) in [5.74, 6) is -1.44. The summed E-state index contributed by atoms with van der Waals surface area (Å²) in [7, 11) is 0. The highest BCUT2D eigenvalue weighted by Gasteiger charge is 2.44. The number of hydrogen-bond donors (Lipinski definition) is 2. The van der Waals surface area contributed by atoms with Crippen LogP contribution in [0.4, 0.5) is 0 Å². The molecule has 0 unspecified atom stereocenters. The molecule has 13 heavy (non-hydrogen) atoms. The van der Waals surface area contributed by atoms with Crippen molar-refractivity contribution in [3.8, 4) is 0 Å². The quantitative estimate of drug-likeness (QED) is 0.661. The molecular formula is C9H14O4. The van der Waals surface area contributed by atoms with Gasteiger partial charge >= 0.3 is 5.97 Å². The Labute approximate surface area is 76.6 Å². The number of hydrogen-bond acceptors (Lipinski definition) is 3. The molecule has 4 nitrogen and oxygen atoms in total. The number of aliphatic carboxylic acids is 1. The topological polar surface area (TPSA) is 74.6 Å². The lowest BCUT2D eigenvalue weighted by molar-refractivity contribution is -0.161. The minimum absolute atomic E-state index is 0.131. The van der Waals surface area contributed by atoms with Gasteiger partial charge in [-0.1, -0.05) is 6.42 Å². The van der Waals surface area contributed by atoms with Gasteiger partial charge < -0.3 is 10.2 Å². The van der Waals surface area contributed by atoms with E-state index >= 15 is 0 Å². The maximum atomic E-state index is 11.4. The van der Waals surface area contributed by atoms with Gasteiger partial charge in [-0.25, -0.2) is 4.79 Å². The first-order chi connectivity index (χ1) is 5.98. The molecule has 2 atom stereocenters. The van der Waals surface area contributed by atoms with E-state index < -0.39 is 17.5 Å². The molecule has 0 spiro atoms. The van der Waals surface area contributed by atoms with E-state index in [0.717, 1.165) is 12.8 Å². The van der Waals surface area contributed by atoms with E-state index in [-0.39, 0.29) is 5.78 Å². The van der Waals surface area contributed by atoms with Crippen LogP contribution in [0.5, 0.6) is 0 Å². The van der Waals surface area contributed by atoms with Gasteiger partial charge in [-0.05, 0) is 19.8 Å². The lowest BCUT2D eigenvalue weighted by Crippen LogP contribution is -2.46. The predicted molar refractivity (Wildman–Crippen MR) is 45.2 cm³/mol. The molecule has 0 aromatic rings. The zero-order valence-electron chi connectivity index (χ0n) is 7.62. The lowest BCUT2D eigenvalue weighted by atomic mass is 9.71. The van der Waals surface area contributed by atoms with Crippen LogP contribution in [0.3, 0.4) is 0 Å². The van der Waals surface area contributed by atoms with E-state index in [2.05, 4.69) is 0 Å². The van der Waals surface area contributed by atoms with E-state index in [1.807, 2.05) is 0 Å². The molecule has 1 aliphatic rings. The van der Waals surface area contributed by atoms with E-state index in [0.29, 0.717) is 12.8 Å². The number of aliphatic hydroxyl groups excluding tert-OH is 1. The summed E-state index contributed by atoms with van der Waals surface area (Å²) in [4.78, 5) is 22.0. The van der Waals surface area contributed by atoms with Gasteiger partial charge in [-0.15, -0.1) is 0 Å². The van der Waals surface area contributed by atoms with Crippen molar-refractivity contribution in [3.63, 3.8) is 0 Å². The number of aliphatic hydroxyl groups is 1. The third kappa shape index (κ3) is 1.72. The molecule has 0 bridgehead atoms. The van der Waals surface area contributed by atoms with Crippen LogP contribution >= 0.6 is 0 Å². The number of carboxylic acid groups (broad SMARTS) is 1. The third-order valence-corrected chi connectivity index (χ3v) is 2.82. The van der Waals surface area contributed by atoms with Gasteiger partial charge in [-0.2, -0.15) is 0 Å². The van der Waals surface area contributed by atoms with Gasteiger partial charge in [0.15, 0.2) is 6.10 Å². The monoisotopic (exact) mass is 186 g/mol. The summed E-state index contributed by atoms with van der Waals surface area (Å²) in [5.41, 5.74) is -1.07. The fraction of sp³-hybridized carbons (Fsp3) is 0.778. The van der Waals surface area contributed by atoms with Crippen molar-refractivity contribution in [1.29, 1.82) is 0 Å². The van der Waals surface area contributed by atoms with Crippen molar-refractivity contribution in [2.45, 2.75) is 38.7 Å². The molecule has 0 amide bonds.